The monoisotopic (exact) mass is 584 g/mol. The zero-order valence-electron chi connectivity index (χ0n) is 25.7. The van der Waals surface area contributed by atoms with E-state index in [1.165, 1.54) is 17.7 Å². The van der Waals surface area contributed by atoms with Crippen LogP contribution in [0, 0.1) is 6.92 Å². The van der Waals surface area contributed by atoms with Crippen molar-refractivity contribution < 1.29 is 14.7 Å². The summed E-state index contributed by atoms with van der Waals surface area (Å²) in [5, 5.41) is 15.7. The van der Waals surface area contributed by atoms with Crippen molar-refractivity contribution in [2.45, 2.75) is 45.4 Å². The molecule has 5 rings (SSSR count). The zero-order chi connectivity index (χ0) is 30.2. The van der Waals surface area contributed by atoms with Gasteiger partial charge in [-0.1, -0.05) is 61.4 Å². The normalized spacial score (nSPS) is 14.0. The van der Waals surface area contributed by atoms with E-state index in [4.69, 9.17) is 14.9 Å². The first-order valence-corrected chi connectivity index (χ1v) is 15.4. The minimum atomic E-state index is 0.0230. The Labute approximate surface area is 254 Å². The van der Waals surface area contributed by atoms with Crippen molar-refractivity contribution in [1.82, 2.24) is 24.6 Å². The largest absolute Gasteiger partial charge is 0.395 e. The summed E-state index contributed by atoms with van der Waals surface area (Å²) in [6, 6.07) is 21.3. The van der Waals surface area contributed by atoms with Gasteiger partial charge in [-0.3, -0.25) is 14.5 Å². The topological polar surface area (TPSA) is 86.4 Å². The number of aryl methyl sites for hydroxylation is 2. The molecule has 0 saturated carbocycles. The number of nitrogens with zero attached hydrogens (tertiary/aromatic N) is 6. The van der Waals surface area contributed by atoms with E-state index in [0.717, 1.165) is 97.8 Å². The number of hydrogen-bond donors (Lipinski definition) is 1. The molecule has 2 aromatic carbocycles. The summed E-state index contributed by atoms with van der Waals surface area (Å²) in [6.45, 7) is 6.49. The number of hydrogen-bond acceptors (Lipinski definition) is 7. The van der Waals surface area contributed by atoms with E-state index in [1.54, 1.807) is 7.05 Å². The number of carbonyl (C=O) groups excluding carboxylic acids is 1. The summed E-state index contributed by atoms with van der Waals surface area (Å²) in [5.41, 5.74) is 7.35. The average molecular weight is 585 g/mol. The molecule has 9 nitrogen and oxygen atoms in total. The molecule has 0 atom stereocenters. The van der Waals surface area contributed by atoms with Gasteiger partial charge in [0, 0.05) is 63.4 Å². The third-order valence-electron chi connectivity index (χ3n) is 8.37. The maximum Gasteiger partial charge on any atom is 0.245 e. The van der Waals surface area contributed by atoms with Crippen molar-refractivity contribution in [3.8, 4) is 22.4 Å². The van der Waals surface area contributed by atoms with Gasteiger partial charge >= 0.3 is 0 Å². The van der Waals surface area contributed by atoms with Gasteiger partial charge in [-0.25, -0.2) is 10.0 Å². The number of aliphatic hydroxyl groups excluding tert-OH is 1. The summed E-state index contributed by atoms with van der Waals surface area (Å²) < 4.78 is 2.02. The molecule has 0 bridgehead atoms. The highest BCUT2D eigenvalue weighted by molar-refractivity contribution is 5.83. The van der Waals surface area contributed by atoms with Crippen molar-refractivity contribution in [3.63, 3.8) is 0 Å². The van der Waals surface area contributed by atoms with Crippen LogP contribution < -0.4 is 4.90 Å². The van der Waals surface area contributed by atoms with Crippen LogP contribution in [0.2, 0.25) is 0 Å². The molecular weight excluding hydrogens is 540 g/mol. The third kappa shape index (κ3) is 7.41. The number of unbranched alkanes of at least 4 members (excludes halogenated alkanes) is 3. The SMILES string of the molecule is CON(C)C(=O)CCCCCCc1cccc(-c2cc(N3CCN(CCO)CC3)n3nc(C)c(-c4ccccc4)c3n2)c1. The average Bonchev–Trinajstić information content (AvgIpc) is 3.38. The van der Waals surface area contributed by atoms with E-state index in [-0.39, 0.29) is 12.5 Å². The molecule has 1 aliphatic heterocycles. The first-order valence-electron chi connectivity index (χ1n) is 15.4. The summed E-state index contributed by atoms with van der Waals surface area (Å²) >= 11 is 0. The number of rotatable bonds is 13. The Hall–Kier alpha value is -3.79. The minimum Gasteiger partial charge on any atom is -0.395 e. The molecule has 0 aliphatic carbocycles. The van der Waals surface area contributed by atoms with Gasteiger partial charge < -0.3 is 10.0 Å². The molecular formula is C34H44N6O3. The summed E-state index contributed by atoms with van der Waals surface area (Å²) in [6.07, 6.45) is 5.57. The lowest BCUT2D eigenvalue weighted by atomic mass is 10.0. The lowest BCUT2D eigenvalue weighted by molar-refractivity contribution is -0.168. The Morgan fingerprint density at radius 1 is 0.953 bits per heavy atom. The fraction of sp³-hybridized carbons (Fsp3) is 0.441. The molecule has 43 heavy (non-hydrogen) atoms. The number of hydroxylamine groups is 2. The molecule has 9 heteroatoms. The highest BCUT2D eigenvalue weighted by Crippen LogP contribution is 2.33. The van der Waals surface area contributed by atoms with Gasteiger partial charge in [0.2, 0.25) is 5.91 Å². The fourth-order valence-corrected chi connectivity index (χ4v) is 5.87. The Morgan fingerprint density at radius 2 is 1.70 bits per heavy atom. The van der Waals surface area contributed by atoms with Gasteiger partial charge in [0.15, 0.2) is 5.65 Å². The number of β-amino-alcohol motifs (C(OH)–C–C–N with tert-alkyl or cyclic N) is 1. The maximum absolute atomic E-state index is 11.9. The van der Waals surface area contributed by atoms with Crippen molar-refractivity contribution >= 4 is 17.4 Å². The molecule has 3 heterocycles. The van der Waals surface area contributed by atoms with Crippen molar-refractivity contribution in [3.05, 3.63) is 71.9 Å². The van der Waals surface area contributed by atoms with Crippen LogP contribution >= 0.6 is 0 Å². The van der Waals surface area contributed by atoms with E-state index in [9.17, 15) is 9.90 Å². The highest BCUT2D eigenvalue weighted by Gasteiger charge is 2.23. The molecule has 4 aromatic rings. The van der Waals surface area contributed by atoms with Gasteiger partial charge in [-0.15, -0.1) is 0 Å². The smallest absolute Gasteiger partial charge is 0.245 e. The molecule has 1 saturated heterocycles. The van der Waals surface area contributed by atoms with E-state index in [2.05, 4.69) is 71.3 Å². The van der Waals surface area contributed by atoms with Crippen LogP contribution in [0.4, 0.5) is 5.82 Å². The Bertz CT molecular complexity index is 1500. The Balaban J connectivity index is 1.38. The second-order valence-electron chi connectivity index (χ2n) is 11.3. The Morgan fingerprint density at radius 3 is 2.44 bits per heavy atom. The zero-order valence-corrected chi connectivity index (χ0v) is 25.7. The van der Waals surface area contributed by atoms with Gasteiger partial charge in [0.05, 0.1) is 25.1 Å². The first-order chi connectivity index (χ1) is 21.0. The number of aromatic nitrogens is 3. The van der Waals surface area contributed by atoms with Crippen LogP contribution in [0.15, 0.2) is 60.7 Å². The lowest BCUT2D eigenvalue weighted by Gasteiger charge is -2.35. The second-order valence-corrected chi connectivity index (χ2v) is 11.3. The van der Waals surface area contributed by atoms with Crippen LogP contribution in [-0.4, -0.2) is 89.1 Å². The molecule has 1 amide bonds. The minimum absolute atomic E-state index is 0.0230. The summed E-state index contributed by atoms with van der Waals surface area (Å²) in [7, 11) is 3.17. The lowest BCUT2D eigenvalue weighted by Crippen LogP contribution is -2.47. The van der Waals surface area contributed by atoms with Gasteiger partial charge in [0.25, 0.3) is 0 Å². The van der Waals surface area contributed by atoms with Gasteiger partial charge in [-0.2, -0.15) is 9.61 Å². The molecule has 1 fully saturated rings. The number of aliphatic hydroxyl groups is 1. The van der Waals surface area contributed by atoms with Crippen LogP contribution in [0.5, 0.6) is 0 Å². The molecule has 0 unspecified atom stereocenters. The molecule has 0 radical (unpaired) electrons. The molecule has 1 aliphatic rings. The summed E-state index contributed by atoms with van der Waals surface area (Å²) in [4.78, 5) is 26.8. The first kappa shape index (κ1) is 30.7. The predicted octanol–water partition coefficient (Wildman–Crippen LogP) is 5.00. The number of benzene rings is 2. The highest BCUT2D eigenvalue weighted by atomic mass is 16.7. The molecule has 228 valence electrons. The maximum atomic E-state index is 11.9. The molecule has 2 aromatic heterocycles. The number of carbonyl (C=O) groups is 1. The number of fused-ring (bicyclic) bond motifs is 1. The van der Waals surface area contributed by atoms with E-state index >= 15 is 0 Å². The van der Waals surface area contributed by atoms with Gasteiger partial charge in [-0.05, 0) is 43.4 Å². The van der Waals surface area contributed by atoms with Crippen molar-refractivity contribution in [1.29, 1.82) is 0 Å². The number of anilines is 1. The van der Waals surface area contributed by atoms with E-state index in [1.807, 2.05) is 10.6 Å². The van der Waals surface area contributed by atoms with E-state index in [0.29, 0.717) is 13.0 Å². The quantitative estimate of drug-likeness (QED) is 0.175. The second kappa shape index (κ2) is 14.6. The predicted molar refractivity (Wildman–Crippen MR) is 171 cm³/mol. The fourth-order valence-electron chi connectivity index (χ4n) is 5.87. The summed E-state index contributed by atoms with van der Waals surface area (Å²) in [5.74, 6) is 1.07. The van der Waals surface area contributed by atoms with Crippen LogP contribution in [0.1, 0.15) is 43.4 Å². The van der Waals surface area contributed by atoms with Gasteiger partial charge in [0.1, 0.15) is 5.82 Å². The standard InChI is InChI=1S/C34H44N6O3/c1-26-33(28-14-8-6-9-15-28)34-35-30(25-31(40(34)36-26)39-20-18-38(19-21-39)22-23-41)29-16-11-13-27(24-29)12-7-4-5-10-17-32(42)37(2)43-3/h6,8-9,11,13-16,24-25,41H,4-5,7,10,12,17-23H2,1-3H3. The Kier molecular flexibility index (Phi) is 10.4. The number of piperazine rings is 1. The number of amides is 1. The van der Waals surface area contributed by atoms with Crippen molar-refractivity contribution in [2.75, 3.05) is 58.4 Å². The van der Waals surface area contributed by atoms with Crippen LogP contribution in [0.25, 0.3) is 28.0 Å². The van der Waals surface area contributed by atoms with E-state index < -0.39 is 0 Å². The molecule has 1 N–H and O–H groups in total. The van der Waals surface area contributed by atoms with Crippen molar-refractivity contribution in [2.24, 2.45) is 0 Å². The molecule has 0 spiro atoms. The van der Waals surface area contributed by atoms with Crippen LogP contribution in [-0.2, 0) is 16.1 Å². The third-order valence-corrected chi connectivity index (χ3v) is 8.37. The van der Waals surface area contributed by atoms with Crippen LogP contribution in [0.3, 0.4) is 0 Å².